The quantitative estimate of drug-likeness (QED) is 0.119. The molecule has 5 nitrogen and oxygen atoms in total. The Morgan fingerprint density at radius 3 is 1.97 bits per heavy atom. The maximum atomic E-state index is 11.1. The fourth-order valence-corrected chi connectivity index (χ4v) is 2.32. The number of hydrogen-bond donors (Lipinski definition) is 0. The highest BCUT2D eigenvalue weighted by atomic mass is 16.6. The highest BCUT2D eigenvalue weighted by Crippen LogP contribution is 2.08. The standard InChI is InChI=1S/C20H32O2.C4H2O3/c1-3-5-6-7-8-9-10-11-12-13-14-15-16-17-18-19-20(21)22-4-2;5-3-1-2-4(6)7-3/h4,7-12H,2-3,5-6,13-19H2,1H3;1-2H. The number of allylic oxidation sites excluding steroid dienone is 6. The predicted octanol–water partition coefficient (Wildman–Crippen LogP) is 5.89. The molecule has 0 spiro atoms. The molecule has 0 aromatic rings. The maximum absolute atomic E-state index is 11.1. The number of unbranched alkanes of at least 4 members (excludes halogenated alkanes) is 7. The Bertz CT molecular complexity index is 580. The van der Waals surface area contributed by atoms with E-state index in [4.69, 9.17) is 0 Å². The lowest BCUT2D eigenvalue weighted by molar-refractivity contribution is -0.150. The van der Waals surface area contributed by atoms with Gasteiger partial charge in [-0.1, -0.05) is 82.1 Å². The zero-order valence-corrected chi connectivity index (χ0v) is 17.5. The van der Waals surface area contributed by atoms with Crippen LogP contribution >= 0.6 is 0 Å². The average Bonchev–Trinajstić information content (AvgIpc) is 3.08. The number of rotatable bonds is 14. The van der Waals surface area contributed by atoms with E-state index in [0.29, 0.717) is 6.42 Å². The molecule has 0 fully saturated rings. The second-order valence-electron chi connectivity index (χ2n) is 6.42. The molecule has 160 valence electrons. The van der Waals surface area contributed by atoms with Crippen molar-refractivity contribution in [3.63, 3.8) is 0 Å². The third-order valence-corrected chi connectivity index (χ3v) is 3.85. The molecule has 29 heavy (non-hydrogen) atoms. The zero-order chi connectivity index (χ0) is 21.6. The third-order valence-electron chi connectivity index (χ3n) is 3.85. The first kappa shape index (κ1) is 26.3. The fourth-order valence-electron chi connectivity index (χ4n) is 2.32. The molecule has 0 aromatic carbocycles. The smallest absolute Gasteiger partial charge is 0.338 e. The van der Waals surface area contributed by atoms with Gasteiger partial charge in [0.15, 0.2) is 0 Å². The number of ether oxygens (including phenoxy) is 2. The van der Waals surface area contributed by atoms with Gasteiger partial charge in [-0.2, -0.15) is 0 Å². The molecule has 0 saturated carbocycles. The van der Waals surface area contributed by atoms with Gasteiger partial charge >= 0.3 is 17.9 Å². The normalized spacial score (nSPS) is 13.1. The van der Waals surface area contributed by atoms with E-state index in [-0.39, 0.29) is 5.97 Å². The first-order chi connectivity index (χ1) is 14.1. The van der Waals surface area contributed by atoms with Crippen molar-refractivity contribution >= 4 is 17.9 Å². The molecule has 1 heterocycles. The van der Waals surface area contributed by atoms with E-state index >= 15 is 0 Å². The van der Waals surface area contributed by atoms with Crippen LogP contribution in [-0.4, -0.2) is 17.9 Å². The minimum atomic E-state index is -0.579. The van der Waals surface area contributed by atoms with E-state index in [9.17, 15) is 14.4 Å². The summed E-state index contributed by atoms with van der Waals surface area (Å²) in [7, 11) is 0. The van der Waals surface area contributed by atoms with E-state index in [2.05, 4.69) is 59.4 Å². The molecular weight excluding hydrogens is 368 g/mol. The second kappa shape index (κ2) is 20.1. The van der Waals surface area contributed by atoms with Crippen molar-refractivity contribution in [3.8, 4) is 0 Å². The van der Waals surface area contributed by atoms with E-state index in [1.54, 1.807) is 0 Å². The van der Waals surface area contributed by atoms with E-state index < -0.39 is 11.9 Å². The number of hydrogen-bond acceptors (Lipinski definition) is 5. The zero-order valence-electron chi connectivity index (χ0n) is 17.5. The van der Waals surface area contributed by atoms with Crippen LogP contribution in [0.15, 0.2) is 61.4 Å². The summed E-state index contributed by atoms with van der Waals surface area (Å²) in [6.45, 7) is 5.58. The van der Waals surface area contributed by atoms with Crippen LogP contribution in [0.5, 0.6) is 0 Å². The maximum Gasteiger partial charge on any atom is 0.338 e. The molecule has 0 amide bonds. The van der Waals surface area contributed by atoms with Crippen molar-refractivity contribution in [1.29, 1.82) is 0 Å². The monoisotopic (exact) mass is 402 g/mol. The number of carbonyl (C=O) groups is 3. The van der Waals surface area contributed by atoms with Gasteiger partial charge < -0.3 is 9.47 Å². The molecule has 1 aliphatic heterocycles. The molecule has 0 aromatic heterocycles. The average molecular weight is 403 g/mol. The Balaban J connectivity index is 0.000000929. The van der Waals surface area contributed by atoms with Gasteiger partial charge in [0.1, 0.15) is 0 Å². The van der Waals surface area contributed by atoms with Crippen molar-refractivity contribution in [2.24, 2.45) is 0 Å². The Morgan fingerprint density at radius 1 is 0.897 bits per heavy atom. The van der Waals surface area contributed by atoms with Crippen molar-refractivity contribution in [1.82, 2.24) is 0 Å². The number of esters is 3. The van der Waals surface area contributed by atoms with Crippen LogP contribution in [0.2, 0.25) is 0 Å². The topological polar surface area (TPSA) is 69.7 Å². The highest BCUT2D eigenvalue weighted by molar-refractivity contribution is 6.04. The van der Waals surface area contributed by atoms with Gasteiger partial charge in [0.05, 0.1) is 6.26 Å². The summed E-state index contributed by atoms with van der Waals surface area (Å²) < 4.78 is 8.64. The van der Waals surface area contributed by atoms with E-state index in [0.717, 1.165) is 31.4 Å². The van der Waals surface area contributed by atoms with Gasteiger partial charge in [-0.25, -0.2) is 9.59 Å². The van der Waals surface area contributed by atoms with Gasteiger partial charge in [0.2, 0.25) is 0 Å². The van der Waals surface area contributed by atoms with Crippen LogP contribution in [0.25, 0.3) is 0 Å². The van der Waals surface area contributed by atoms with Crippen LogP contribution in [0, 0.1) is 0 Å². The van der Waals surface area contributed by atoms with Crippen LogP contribution < -0.4 is 0 Å². The minimum Gasteiger partial charge on any atom is -0.435 e. The van der Waals surface area contributed by atoms with Gasteiger partial charge in [0, 0.05) is 18.6 Å². The number of cyclic esters (lactones) is 2. The molecule has 1 rings (SSSR count). The Morgan fingerprint density at radius 2 is 1.45 bits per heavy atom. The fraction of sp³-hybridized carbons (Fsp3) is 0.458. The van der Waals surface area contributed by atoms with Crippen LogP contribution in [-0.2, 0) is 23.9 Å². The lowest BCUT2D eigenvalue weighted by atomic mass is 10.1. The Labute approximate surface area is 174 Å². The molecule has 0 radical (unpaired) electrons. The molecule has 0 aliphatic carbocycles. The predicted molar refractivity (Wildman–Crippen MR) is 116 cm³/mol. The molecule has 1 aliphatic rings. The van der Waals surface area contributed by atoms with Crippen LogP contribution in [0.3, 0.4) is 0 Å². The van der Waals surface area contributed by atoms with Crippen molar-refractivity contribution in [2.75, 3.05) is 0 Å². The second-order valence-corrected chi connectivity index (χ2v) is 6.42. The van der Waals surface area contributed by atoms with Crippen molar-refractivity contribution in [3.05, 3.63) is 61.4 Å². The summed E-state index contributed by atoms with van der Waals surface area (Å²) in [6, 6.07) is 0. The summed E-state index contributed by atoms with van der Waals surface area (Å²) in [4.78, 5) is 30.9. The Hall–Kier alpha value is -2.69. The molecular formula is C24H34O5. The lowest BCUT2D eigenvalue weighted by Gasteiger charge is -2.00. The first-order valence-corrected chi connectivity index (χ1v) is 10.3. The van der Waals surface area contributed by atoms with E-state index in [1.807, 2.05) is 0 Å². The summed E-state index contributed by atoms with van der Waals surface area (Å²) in [5, 5.41) is 0. The molecule has 0 saturated heterocycles. The first-order valence-electron chi connectivity index (χ1n) is 10.3. The summed E-state index contributed by atoms with van der Waals surface area (Å²) >= 11 is 0. The van der Waals surface area contributed by atoms with Crippen molar-refractivity contribution < 1.29 is 23.9 Å². The number of carbonyl (C=O) groups excluding carboxylic acids is 3. The SMILES string of the molecule is C=COC(=O)CCCCCCCC=CC=CC=CCCCC.O=C1C=CC(=O)O1. The third kappa shape index (κ3) is 19.9. The summed E-state index contributed by atoms with van der Waals surface area (Å²) in [5.74, 6) is -1.33. The van der Waals surface area contributed by atoms with Gasteiger partial charge in [-0.15, -0.1) is 0 Å². The largest absolute Gasteiger partial charge is 0.435 e. The van der Waals surface area contributed by atoms with Gasteiger partial charge in [0.25, 0.3) is 0 Å². The van der Waals surface area contributed by atoms with Crippen molar-refractivity contribution in [2.45, 2.75) is 71.1 Å². The van der Waals surface area contributed by atoms with Crippen LogP contribution in [0.4, 0.5) is 0 Å². The van der Waals surface area contributed by atoms with Crippen LogP contribution in [0.1, 0.15) is 71.1 Å². The molecule has 0 atom stereocenters. The summed E-state index contributed by atoms with van der Waals surface area (Å²) in [5.41, 5.74) is 0. The highest BCUT2D eigenvalue weighted by Gasteiger charge is 2.10. The molecule has 0 bridgehead atoms. The van der Waals surface area contributed by atoms with Gasteiger partial charge in [-0.3, -0.25) is 4.79 Å². The molecule has 0 unspecified atom stereocenters. The summed E-state index contributed by atoms with van der Waals surface area (Å²) in [6.07, 6.45) is 27.2. The molecule has 5 heteroatoms. The minimum absolute atomic E-state index is 0.173. The lowest BCUT2D eigenvalue weighted by Crippen LogP contribution is -1.98. The Kier molecular flexibility index (Phi) is 18.2. The van der Waals surface area contributed by atoms with E-state index in [1.165, 1.54) is 44.8 Å². The van der Waals surface area contributed by atoms with Gasteiger partial charge in [-0.05, 0) is 25.7 Å². The molecule has 0 N–H and O–H groups in total.